The Morgan fingerprint density at radius 2 is 1.67 bits per heavy atom. The number of hydrogen-bond acceptors (Lipinski definition) is 1. The van der Waals surface area contributed by atoms with Gasteiger partial charge in [-0.2, -0.15) is 0 Å². The van der Waals surface area contributed by atoms with Gasteiger partial charge in [-0.25, -0.2) is 0 Å². The predicted molar refractivity (Wildman–Crippen MR) is 70.7 cm³/mol. The van der Waals surface area contributed by atoms with Crippen LogP contribution in [-0.4, -0.2) is 5.78 Å². The van der Waals surface area contributed by atoms with E-state index in [4.69, 9.17) is 0 Å². The first kappa shape index (κ1) is 10.1. The maximum Gasteiger partial charge on any atom is 0.170 e. The molecule has 0 amide bonds. The van der Waals surface area contributed by atoms with Gasteiger partial charge in [0.25, 0.3) is 0 Å². The van der Waals surface area contributed by atoms with Crippen LogP contribution in [0.15, 0.2) is 54.6 Å². The molecule has 2 aliphatic carbocycles. The number of fused-ring (bicyclic) bond motifs is 1. The van der Waals surface area contributed by atoms with Crippen LogP contribution in [0.3, 0.4) is 0 Å². The average molecular weight is 234 g/mol. The molecule has 1 heteroatoms. The molecule has 0 saturated heterocycles. The van der Waals surface area contributed by atoms with Crippen LogP contribution in [0, 0.1) is 5.41 Å². The van der Waals surface area contributed by atoms with Crippen LogP contribution in [0.2, 0.25) is 0 Å². The molecule has 1 saturated carbocycles. The van der Waals surface area contributed by atoms with Gasteiger partial charge in [0, 0.05) is 11.0 Å². The molecular weight excluding hydrogens is 220 g/mol. The third-order valence-corrected chi connectivity index (χ3v) is 4.50. The van der Waals surface area contributed by atoms with Crippen LogP contribution in [0.4, 0.5) is 0 Å². The summed E-state index contributed by atoms with van der Waals surface area (Å²) in [5.74, 6) is 0.797. The lowest BCUT2D eigenvalue weighted by Crippen LogP contribution is -2.12. The summed E-state index contributed by atoms with van der Waals surface area (Å²) in [6, 6.07) is 18.5. The zero-order valence-corrected chi connectivity index (χ0v) is 10.1. The van der Waals surface area contributed by atoms with Gasteiger partial charge in [0.15, 0.2) is 5.78 Å². The topological polar surface area (TPSA) is 17.1 Å². The molecule has 88 valence electrons. The van der Waals surface area contributed by atoms with Crippen LogP contribution in [0.1, 0.15) is 33.8 Å². The van der Waals surface area contributed by atoms with Crippen molar-refractivity contribution in [2.24, 2.45) is 5.41 Å². The largest absolute Gasteiger partial charge is 0.294 e. The van der Waals surface area contributed by atoms with Gasteiger partial charge >= 0.3 is 0 Å². The molecule has 18 heavy (non-hydrogen) atoms. The molecule has 2 aromatic carbocycles. The third-order valence-electron chi connectivity index (χ3n) is 4.50. The quantitative estimate of drug-likeness (QED) is 0.736. The number of rotatable bonds is 1. The molecule has 0 aliphatic heterocycles. The minimum absolute atomic E-state index is 0.106. The molecule has 0 heterocycles. The summed E-state index contributed by atoms with van der Waals surface area (Å²) < 4.78 is 0. The Morgan fingerprint density at radius 3 is 2.44 bits per heavy atom. The van der Waals surface area contributed by atoms with Crippen molar-refractivity contribution in [3.05, 3.63) is 71.3 Å². The summed E-state index contributed by atoms with van der Waals surface area (Å²) >= 11 is 0. The first-order valence-electron chi connectivity index (χ1n) is 6.49. The highest BCUT2D eigenvalue weighted by atomic mass is 16.1. The molecular formula is C17H14O. The Bertz CT molecular complexity index is 629. The number of carbonyl (C=O) groups is 1. The molecule has 1 fully saturated rings. The molecule has 0 bridgehead atoms. The summed E-state index contributed by atoms with van der Waals surface area (Å²) in [5, 5.41) is 0. The van der Waals surface area contributed by atoms with Crippen molar-refractivity contribution in [3.8, 4) is 0 Å². The standard InChI is InChI=1S/C17H14O/c18-16-14-9-5-4-8-13(14)10-17(16)11-15(17)12-6-2-1-3-7-12/h1-9,15H,10-11H2/t15-,17+/m0/s1. The predicted octanol–water partition coefficient (Wildman–Crippen LogP) is 3.60. The molecule has 4 rings (SSSR count). The van der Waals surface area contributed by atoms with E-state index in [9.17, 15) is 4.79 Å². The molecule has 1 nitrogen and oxygen atoms in total. The Hall–Kier alpha value is -1.89. The molecule has 0 radical (unpaired) electrons. The summed E-state index contributed by atoms with van der Waals surface area (Å²) in [5.41, 5.74) is 3.40. The van der Waals surface area contributed by atoms with E-state index in [2.05, 4.69) is 30.3 Å². The van der Waals surface area contributed by atoms with Gasteiger partial charge in [0.2, 0.25) is 0 Å². The fourth-order valence-corrected chi connectivity index (χ4v) is 3.46. The van der Waals surface area contributed by atoms with Gasteiger partial charge in [-0.1, -0.05) is 54.6 Å². The van der Waals surface area contributed by atoms with Crippen LogP contribution in [0.5, 0.6) is 0 Å². The SMILES string of the molecule is O=C1c2ccccc2C[C@]12C[C@H]2c1ccccc1. The summed E-state index contributed by atoms with van der Waals surface area (Å²) in [6.07, 6.45) is 1.95. The lowest BCUT2D eigenvalue weighted by molar-refractivity contribution is 0.0914. The second kappa shape index (κ2) is 3.32. The third kappa shape index (κ3) is 1.19. The maximum absolute atomic E-state index is 12.6. The fourth-order valence-electron chi connectivity index (χ4n) is 3.46. The van der Waals surface area contributed by atoms with E-state index in [0.29, 0.717) is 11.7 Å². The van der Waals surface area contributed by atoms with Crippen molar-refractivity contribution < 1.29 is 4.79 Å². The highest BCUT2D eigenvalue weighted by Crippen LogP contribution is 2.65. The number of carbonyl (C=O) groups excluding carboxylic acids is 1. The fraction of sp³-hybridized carbons (Fsp3) is 0.235. The number of benzene rings is 2. The minimum atomic E-state index is -0.106. The van der Waals surface area contributed by atoms with Gasteiger partial charge in [0.05, 0.1) is 0 Å². The van der Waals surface area contributed by atoms with E-state index in [1.54, 1.807) is 0 Å². The van der Waals surface area contributed by atoms with Crippen molar-refractivity contribution in [1.82, 2.24) is 0 Å². The van der Waals surface area contributed by atoms with E-state index in [1.165, 1.54) is 11.1 Å². The summed E-state index contributed by atoms with van der Waals surface area (Å²) in [6.45, 7) is 0. The van der Waals surface area contributed by atoms with Crippen LogP contribution in [0.25, 0.3) is 0 Å². The monoisotopic (exact) mass is 234 g/mol. The molecule has 2 aliphatic rings. The van der Waals surface area contributed by atoms with Crippen molar-refractivity contribution in [3.63, 3.8) is 0 Å². The van der Waals surface area contributed by atoms with Gasteiger partial charge in [-0.3, -0.25) is 4.79 Å². The molecule has 1 spiro atoms. The normalized spacial score (nSPS) is 28.4. The first-order valence-corrected chi connectivity index (χ1v) is 6.49. The Morgan fingerprint density at radius 1 is 0.944 bits per heavy atom. The maximum atomic E-state index is 12.6. The highest BCUT2D eigenvalue weighted by molar-refractivity contribution is 6.07. The van der Waals surface area contributed by atoms with Gasteiger partial charge in [0.1, 0.15) is 0 Å². The van der Waals surface area contributed by atoms with Gasteiger partial charge in [-0.15, -0.1) is 0 Å². The van der Waals surface area contributed by atoms with Gasteiger partial charge in [-0.05, 0) is 29.9 Å². The van der Waals surface area contributed by atoms with E-state index in [0.717, 1.165) is 18.4 Å². The van der Waals surface area contributed by atoms with Crippen molar-refractivity contribution in [2.75, 3.05) is 0 Å². The lowest BCUT2D eigenvalue weighted by Gasteiger charge is -2.07. The smallest absolute Gasteiger partial charge is 0.170 e. The first-order chi connectivity index (χ1) is 8.81. The van der Waals surface area contributed by atoms with E-state index in [1.807, 2.05) is 24.3 Å². The van der Waals surface area contributed by atoms with E-state index in [-0.39, 0.29) is 5.41 Å². The molecule has 2 aromatic rings. The Labute approximate surface area is 106 Å². The van der Waals surface area contributed by atoms with E-state index >= 15 is 0 Å². The van der Waals surface area contributed by atoms with Crippen molar-refractivity contribution >= 4 is 5.78 Å². The van der Waals surface area contributed by atoms with Crippen LogP contribution < -0.4 is 0 Å². The van der Waals surface area contributed by atoms with E-state index < -0.39 is 0 Å². The Balaban J connectivity index is 1.73. The summed E-state index contributed by atoms with van der Waals surface area (Å²) in [7, 11) is 0. The zero-order chi connectivity index (χ0) is 12.2. The van der Waals surface area contributed by atoms with Crippen LogP contribution >= 0.6 is 0 Å². The minimum Gasteiger partial charge on any atom is -0.294 e. The zero-order valence-electron chi connectivity index (χ0n) is 10.1. The van der Waals surface area contributed by atoms with Gasteiger partial charge < -0.3 is 0 Å². The molecule has 0 aromatic heterocycles. The second-order valence-electron chi connectivity index (χ2n) is 5.49. The lowest BCUT2D eigenvalue weighted by atomic mass is 9.95. The Kier molecular flexibility index (Phi) is 1.86. The molecule has 0 unspecified atom stereocenters. The average Bonchev–Trinajstić information content (AvgIpc) is 3.08. The van der Waals surface area contributed by atoms with Crippen molar-refractivity contribution in [1.29, 1.82) is 0 Å². The molecule has 0 N–H and O–H groups in total. The van der Waals surface area contributed by atoms with Crippen LogP contribution in [-0.2, 0) is 6.42 Å². The molecule has 2 atom stereocenters. The summed E-state index contributed by atoms with van der Waals surface area (Å²) in [4.78, 5) is 12.6. The van der Waals surface area contributed by atoms with Crippen molar-refractivity contribution in [2.45, 2.75) is 18.8 Å². The number of Topliss-reactive ketones (excluding diaryl/α,β-unsaturated/α-hetero) is 1. The number of ketones is 1. The number of hydrogen-bond donors (Lipinski definition) is 0. The highest BCUT2D eigenvalue weighted by Gasteiger charge is 2.62. The second-order valence-corrected chi connectivity index (χ2v) is 5.49.